The number of benzene rings is 9. The molecular formula is C52H33NOS. The molecule has 0 amide bonds. The van der Waals surface area contributed by atoms with Crippen LogP contribution in [-0.2, 0) is 0 Å². The average Bonchev–Trinajstić information content (AvgIpc) is 3.84. The predicted octanol–water partition coefficient (Wildman–Crippen LogP) is 15.6. The van der Waals surface area contributed by atoms with Gasteiger partial charge in [-0.2, -0.15) is 0 Å². The lowest BCUT2D eigenvalue weighted by Gasteiger charge is -2.27. The van der Waals surface area contributed by atoms with Gasteiger partial charge in [-0.25, -0.2) is 0 Å². The summed E-state index contributed by atoms with van der Waals surface area (Å²) in [6.07, 6.45) is 0. The van der Waals surface area contributed by atoms with Gasteiger partial charge in [0.05, 0.1) is 16.1 Å². The second-order valence-corrected chi connectivity index (χ2v) is 15.1. The summed E-state index contributed by atoms with van der Waals surface area (Å²) in [7, 11) is 0. The lowest BCUT2D eigenvalue weighted by Crippen LogP contribution is -2.10. The molecule has 0 bridgehead atoms. The Bertz CT molecular complexity index is 3190. The summed E-state index contributed by atoms with van der Waals surface area (Å²) in [5.74, 6) is 0. The standard InChI is InChI=1S/C52H33NOS/c1-3-13-34(14-4-1)40-32-46-45-22-11-20-42(37-16-5-2-6-17-37)51(45)55-52(46)48(33-40)53(47-23-12-21-44-43-19-9-10-24-49(43)54-50(44)47)41-29-27-36(28-30-41)39-26-25-35-15-7-8-18-38(35)31-39/h1-33H. The van der Waals surface area contributed by atoms with Crippen molar-refractivity contribution in [2.75, 3.05) is 4.90 Å². The number of anilines is 3. The summed E-state index contributed by atoms with van der Waals surface area (Å²) in [4.78, 5) is 2.42. The van der Waals surface area contributed by atoms with Gasteiger partial charge in [0.25, 0.3) is 0 Å². The van der Waals surface area contributed by atoms with Crippen molar-refractivity contribution in [1.29, 1.82) is 0 Å². The first kappa shape index (κ1) is 31.6. The molecule has 0 radical (unpaired) electrons. The van der Waals surface area contributed by atoms with Gasteiger partial charge >= 0.3 is 0 Å². The highest BCUT2D eigenvalue weighted by atomic mass is 32.1. The average molecular weight is 720 g/mol. The molecule has 0 saturated carbocycles. The van der Waals surface area contributed by atoms with Crippen molar-refractivity contribution in [3.05, 3.63) is 200 Å². The Morgan fingerprint density at radius 2 is 1.02 bits per heavy atom. The second kappa shape index (κ2) is 12.9. The number of hydrogen-bond acceptors (Lipinski definition) is 3. The molecule has 2 heterocycles. The normalized spacial score (nSPS) is 11.6. The molecule has 3 heteroatoms. The van der Waals surface area contributed by atoms with Crippen molar-refractivity contribution in [3.63, 3.8) is 0 Å². The van der Waals surface area contributed by atoms with Crippen molar-refractivity contribution in [2.24, 2.45) is 0 Å². The number of hydrogen-bond donors (Lipinski definition) is 0. The first-order valence-corrected chi connectivity index (χ1v) is 19.5. The third-order valence-electron chi connectivity index (χ3n) is 10.8. The van der Waals surface area contributed by atoms with Crippen molar-refractivity contribution < 1.29 is 4.42 Å². The molecule has 0 aliphatic carbocycles. The predicted molar refractivity (Wildman–Crippen MR) is 235 cm³/mol. The Balaban J connectivity index is 1.20. The zero-order valence-corrected chi connectivity index (χ0v) is 30.6. The van der Waals surface area contributed by atoms with Gasteiger partial charge in [-0.3, -0.25) is 0 Å². The first-order chi connectivity index (χ1) is 27.3. The minimum Gasteiger partial charge on any atom is -0.454 e. The molecular weight excluding hydrogens is 687 g/mol. The molecule has 2 nitrogen and oxygen atoms in total. The number of thiophene rings is 1. The number of fused-ring (bicyclic) bond motifs is 7. The van der Waals surface area contributed by atoms with Crippen molar-refractivity contribution in [3.8, 4) is 33.4 Å². The van der Waals surface area contributed by atoms with E-state index in [-0.39, 0.29) is 0 Å². The molecule has 0 N–H and O–H groups in total. The van der Waals surface area contributed by atoms with Crippen LogP contribution in [0.1, 0.15) is 0 Å². The lowest BCUT2D eigenvalue weighted by atomic mass is 9.98. The minimum atomic E-state index is 0.867. The van der Waals surface area contributed by atoms with Crippen LogP contribution in [0.25, 0.3) is 86.3 Å². The van der Waals surface area contributed by atoms with Gasteiger partial charge in [0, 0.05) is 31.9 Å². The lowest BCUT2D eigenvalue weighted by molar-refractivity contribution is 0.669. The van der Waals surface area contributed by atoms with E-state index < -0.39 is 0 Å². The fourth-order valence-corrected chi connectivity index (χ4v) is 9.50. The van der Waals surface area contributed by atoms with Crippen LogP contribution in [0, 0.1) is 0 Å². The van der Waals surface area contributed by atoms with E-state index in [1.807, 2.05) is 17.4 Å². The van der Waals surface area contributed by atoms with Crippen LogP contribution in [0.2, 0.25) is 0 Å². The summed E-state index contributed by atoms with van der Waals surface area (Å²) in [5.41, 5.74) is 12.1. The van der Waals surface area contributed by atoms with Crippen molar-refractivity contribution >= 4 is 81.3 Å². The number of furan rings is 1. The van der Waals surface area contributed by atoms with E-state index >= 15 is 0 Å². The van der Waals surface area contributed by atoms with Gasteiger partial charge in [0.15, 0.2) is 5.58 Å². The van der Waals surface area contributed by atoms with E-state index in [0.717, 1.165) is 39.0 Å². The highest BCUT2D eigenvalue weighted by Gasteiger charge is 2.24. The van der Waals surface area contributed by atoms with Gasteiger partial charge in [-0.15, -0.1) is 11.3 Å². The minimum absolute atomic E-state index is 0.867. The highest BCUT2D eigenvalue weighted by Crippen LogP contribution is 2.50. The zero-order chi connectivity index (χ0) is 36.3. The summed E-state index contributed by atoms with van der Waals surface area (Å²) in [6, 6.07) is 72.1. The molecule has 11 rings (SSSR count). The Morgan fingerprint density at radius 3 is 1.85 bits per heavy atom. The second-order valence-electron chi connectivity index (χ2n) is 14.1. The van der Waals surface area contributed by atoms with Crippen LogP contribution in [0.4, 0.5) is 17.1 Å². The Hall–Kier alpha value is -6.94. The molecule has 9 aromatic carbocycles. The maximum Gasteiger partial charge on any atom is 0.159 e. The molecule has 2 aromatic heterocycles. The molecule has 55 heavy (non-hydrogen) atoms. The zero-order valence-electron chi connectivity index (χ0n) is 29.8. The van der Waals surface area contributed by atoms with Crippen LogP contribution in [-0.4, -0.2) is 0 Å². The summed E-state index contributed by atoms with van der Waals surface area (Å²) >= 11 is 1.87. The van der Waals surface area contributed by atoms with Gasteiger partial charge in [0.1, 0.15) is 5.58 Å². The largest absolute Gasteiger partial charge is 0.454 e. The van der Waals surface area contributed by atoms with E-state index in [4.69, 9.17) is 4.42 Å². The molecule has 0 aliphatic heterocycles. The smallest absolute Gasteiger partial charge is 0.159 e. The van der Waals surface area contributed by atoms with E-state index in [1.54, 1.807) is 0 Å². The molecule has 0 atom stereocenters. The third-order valence-corrected chi connectivity index (χ3v) is 12.1. The fraction of sp³-hybridized carbons (Fsp3) is 0. The van der Waals surface area contributed by atoms with Crippen molar-refractivity contribution in [2.45, 2.75) is 0 Å². The maximum atomic E-state index is 6.77. The quantitative estimate of drug-likeness (QED) is 0.170. The topological polar surface area (TPSA) is 16.4 Å². The molecule has 0 unspecified atom stereocenters. The number of nitrogens with zero attached hydrogens (tertiary/aromatic N) is 1. The Kier molecular flexibility index (Phi) is 7.39. The summed E-state index contributed by atoms with van der Waals surface area (Å²) in [5, 5.41) is 7.20. The van der Waals surface area contributed by atoms with Crippen LogP contribution in [0.15, 0.2) is 205 Å². The first-order valence-electron chi connectivity index (χ1n) is 18.7. The molecule has 258 valence electrons. The van der Waals surface area contributed by atoms with Crippen LogP contribution in [0.3, 0.4) is 0 Å². The molecule has 0 saturated heterocycles. The Labute approximate surface area is 322 Å². The van der Waals surface area contributed by atoms with Crippen LogP contribution in [0.5, 0.6) is 0 Å². The molecule has 0 fully saturated rings. The van der Waals surface area contributed by atoms with Crippen LogP contribution < -0.4 is 4.90 Å². The highest BCUT2D eigenvalue weighted by molar-refractivity contribution is 7.27. The number of para-hydroxylation sites is 2. The van der Waals surface area contributed by atoms with E-state index in [2.05, 4.69) is 199 Å². The van der Waals surface area contributed by atoms with Crippen LogP contribution >= 0.6 is 11.3 Å². The van der Waals surface area contributed by atoms with Gasteiger partial charge in [-0.05, 0) is 86.6 Å². The van der Waals surface area contributed by atoms with Gasteiger partial charge < -0.3 is 9.32 Å². The summed E-state index contributed by atoms with van der Waals surface area (Å²) < 4.78 is 9.27. The molecule has 11 aromatic rings. The van der Waals surface area contributed by atoms with Crippen molar-refractivity contribution in [1.82, 2.24) is 0 Å². The van der Waals surface area contributed by atoms with Gasteiger partial charge in [-0.1, -0.05) is 158 Å². The van der Waals surface area contributed by atoms with E-state index in [0.29, 0.717) is 0 Å². The monoisotopic (exact) mass is 719 g/mol. The van der Waals surface area contributed by atoms with E-state index in [1.165, 1.54) is 64.3 Å². The third kappa shape index (κ3) is 5.32. The number of rotatable bonds is 6. The van der Waals surface area contributed by atoms with E-state index in [9.17, 15) is 0 Å². The fourth-order valence-electron chi connectivity index (χ4n) is 8.18. The summed E-state index contributed by atoms with van der Waals surface area (Å²) in [6.45, 7) is 0. The molecule has 0 aliphatic rings. The van der Waals surface area contributed by atoms with Gasteiger partial charge in [0.2, 0.25) is 0 Å². The molecule has 0 spiro atoms. The maximum absolute atomic E-state index is 6.77. The Morgan fingerprint density at radius 1 is 0.364 bits per heavy atom. The SMILES string of the molecule is c1ccc(-c2cc(N(c3ccc(-c4ccc5ccccc5c4)cc3)c3cccc4c3oc3ccccc34)c3sc4c(-c5ccccc5)cccc4c3c2)cc1.